The molecule has 2 aliphatic rings. The predicted octanol–water partition coefficient (Wildman–Crippen LogP) is 3.10. The summed E-state index contributed by atoms with van der Waals surface area (Å²) in [5.41, 5.74) is 0. The second-order valence-electron chi connectivity index (χ2n) is 6.47. The van der Waals surface area contributed by atoms with Crippen molar-refractivity contribution in [1.29, 1.82) is 0 Å². The van der Waals surface area contributed by atoms with Crippen molar-refractivity contribution < 1.29 is 9.53 Å². The number of nitrogens with one attached hydrogen (secondary N) is 1. The van der Waals surface area contributed by atoms with Crippen molar-refractivity contribution in [3.63, 3.8) is 0 Å². The third kappa shape index (κ3) is 4.61. The molecule has 0 saturated carbocycles. The van der Waals surface area contributed by atoms with Gasteiger partial charge in [0.2, 0.25) is 5.91 Å². The van der Waals surface area contributed by atoms with E-state index in [4.69, 9.17) is 16.3 Å². The summed E-state index contributed by atoms with van der Waals surface area (Å²) in [5.74, 6) is 1.41. The molecule has 0 aromatic heterocycles. The largest absolute Gasteiger partial charge is 0.490 e. The van der Waals surface area contributed by atoms with Gasteiger partial charge in [-0.25, -0.2) is 0 Å². The standard InChI is InChI=1S/C18H25ClN2O2/c19-15-3-5-16(6-4-15)23-17-8-12-21(13-9-17)18(22)14-2-1-10-20-11-7-14/h3-6,14,17,20H,1-2,7-13H2. The zero-order chi connectivity index (χ0) is 16.1. The highest BCUT2D eigenvalue weighted by atomic mass is 35.5. The molecule has 0 radical (unpaired) electrons. The van der Waals surface area contributed by atoms with Gasteiger partial charge in [0.15, 0.2) is 0 Å². The topological polar surface area (TPSA) is 41.6 Å². The van der Waals surface area contributed by atoms with E-state index in [1.54, 1.807) is 0 Å². The summed E-state index contributed by atoms with van der Waals surface area (Å²) in [5, 5.41) is 4.09. The van der Waals surface area contributed by atoms with Crippen molar-refractivity contribution in [1.82, 2.24) is 10.2 Å². The summed E-state index contributed by atoms with van der Waals surface area (Å²) < 4.78 is 6.00. The van der Waals surface area contributed by atoms with Crippen molar-refractivity contribution in [2.24, 2.45) is 5.92 Å². The van der Waals surface area contributed by atoms with Crippen molar-refractivity contribution in [2.75, 3.05) is 26.2 Å². The summed E-state index contributed by atoms with van der Waals surface area (Å²) >= 11 is 5.89. The molecule has 1 aromatic carbocycles. The number of halogens is 1. The molecule has 1 atom stereocenters. The van der Waals surface area contributed by atoms with Crippen molar-refractivity contribution in [3.8, 4) is 5.75 Å². The van der Waals surface area contributed by atoms with Crippen molar-refractivity contribution in [3.05, 3.63) is 29.3 Å². The Morgan fingerprint density at radius 1 is 1.09 bits per heavy atom. The van der Waals surface area contributed by atoms with Crippen LogP contribution in [0.3, 0.4) is 0 Å². The molecular formula is C18H25ClN2O2. The van der Waals surface area contributed by atoms with Crippen LogP contribution in [0.1, 0.15) is 32.1 Å². The number of likely N-dealkylation sites (tertiary alicyclic amines) is 1. The molecule has 4 nitrogen and oxygen atoms in total. The SMILES string of the molecule is O=C(C1CCCNCC1)N1CCC(Oc2ccc(Cl)cc2)CC1. The van der Waals surface area contributed by atoms with Gasteiger partial charge in [0.25, 0.3) is 0 Å². The zero-order valence-electron chi connectivity index (χ0n) is 13.5. The summed E-state index contributed by atoms with van der Waals surface area (Å²) in [6, 6.07) is 7.49. The molecule has 2 aliphatic heterocycles. The molecule has 23 heavy (non-hydrogen) atoms. The molecule has 0 bridgehead atoms. The molecule has 1 unspecified atom stereocenters. The third-order valence-corrected chi connectivity index (χ3v) is 5.05. The Morgan fingerprint density at radius 2 is 1.83 bits per heavy atom. The van der Waals surface area contributed by atoms with Crippen molar-refractivity contribution >= 4 is 17.5 Å². The van der Waals surface area contributed by atoms with Crippen LogP contribution in [0, 0.1) is 5.92 Å². The highest BCUT2D eigenvalue weighted by Crippen LogP contribution is 2.23. The number of nitrogens with zero attached hydrogens (tertiary/aromatic N) is 1. The second kappa shape index (κ2) is 8.02. The molecule has 1 amide bonds. The summed E-state index contributed by atoms with van der Waals surface area (Å²) in [6.07, 6.45) is 5.09. The quantitative estimate of drug-likeness (QED) is 0.922. The first-order chi connectivity index (χ1) is 11.2. The second-order valence-corrected chi connectivity index (χ2v) is 6.91. The molecule has 3 rings (SSSR count). The maximum Gasteiger partial charge on any atom is 0.225 e. The first-order valence-corrected chi connectivity index (χ1v) is 9.02. The minimum atomic E-state index is 0.191. The number of carbonyl (C=O) groups excluding carboxylic acids is 1. The fourth-order valence-corrected chi connectivity index (χ4v) is 3.55. The molecule has 1 aromatic rings. The van der Waals surface area contributed by atoms with E-state index in [9.17, 15) is 4.79 Å². The maximum atomic E-state index is 12.7. The Labute approximate surface area is 143 Å². The lowest BCUT2D eigenvalue weighted by Crippen LogP contribution is -2.44. The van der Waals surface area contributed by atoms with Gasteiger partial charge >= 0.3 is 0 Å². The van der Waals surface area contributed by atoms with Gasteiger partial charge in [0.1, 0.15) is 11.9 Å². The first-order valence-electron chi connectivity index (χ1n) is 8.64. The normalized spacial score (nSPS) is 23.3. The minimum Gasteiger partial charge on any atom is -0.490 e. The Morgan fingerprint density at radius 3 is 2.57 bits per heavy atom. The number of amides is 1. The predicted molar refractivity (Wildman–Crippen MR) is 91.9 cm³/mol. The van der Waals surface area contributed by atoms with Gasteiger partial charge in [-0.05, 0) is 56.6 Å². The number of ether oxygens (including phenoxy) is 1. The monoisotopic (exact) mass is 336 g/mol. The van der Waals surface area contributed by atoms with Crippen LogP contribution in [0.2, 0.25) is 5.02 Å². The molecule has 2 fully saturated rings. The van der Waals surface area contributed by atoms with Crippen LogP contribution in [-0.4, -0.2) is 43.1 Å². The van der Waals surface area contributed by atoms with E-state index in [2.05, 4.69) is 5.32 Å². The van der Waals surface area contributed by atoms with Gasteiger partial charge in [-0.15, -0.1) is 0 Å². The Bertz CT molecular complexity index is 504. The Hall–Kier alpha value is -1.26. The van der Waals surface area contributed by atoms with Crippen LogP contribution in [0.25, 0.3) is 0 Å². The van der Waals surface area contributed by atoms with Crippen LogP contribution in [0.4, 0.5) is 0 Å². The maximum absolute atomic E-state index is 12.7. The van der Waals surface area contributed by atoms with Crippen LogP contribution in [0.5, 0.6) is 5.75 Å². The summed E-state index contributed by atoms with van der Waals surface area (Å²) in [6.45, 7) is 3.62. The number of hydrogen-bond donors (Lipinski definition) is 1. The van der Waals surface area contributed by atoms with E-state index in [-0.39, 0.29) is 12.0 Å². The lowest BCUT2D eigenvalue weighted by molar-refractivity contribution is -0.137. The molecule has 0 aliphatic carbocycles. The zero-order valence-corrected chi connectivity index (χ0v) is 14.2. The van der Waals surface area contributed by atoms with Crippen molar-refractivity contribution in [2.45, 2.75) is 38.2 Å². The smallest absolute Gasteiger partial charge is 0.225 e. The molecule has 2 saturated heterocycles. The minimum absolute atomic E-state index is 0.191. The molecule has 1 N–H and O–H groups in total. The Balaban J connectivity index is 1.47. The molecule has 0 spiro atoms. The van der Waals surface area contributed by atoms with Crippen LogP contribution < -0.4 is 10.1 Å². The summed E-state index contributed by atoms with van der Waals surface area (Å²) in [4.78, 5) is 14.7. The third-order valence-electron chi connectivity index (χ3n) is 4.80. The number of hydrogen-bond acceptors (Lipinski definition) is 3. The van der Waals surface area contributed by atoms with Gasteiger partial charge in [-0.1, -0.05) is 11.6 Å². The lowest BCUT2D eigenvalue weighted by Gasteiger charge is -2.34. The Kier molecular flexibility index (Phi) is 5.79. The van der Waals surface area contributed by atoms with Gasteiger partial charge in [0.05, 0.1) is 0 Å². The van der Waals surface area contributed by atoms with Crippen LogP contribution in [-0.2, 0) is 4.79 Å². The highest BCUT2D eigenvalue weighted by Gasteiger charge is 2.29. The molecule has 2 heterocycles. The van der Waals surface area contributed by atoms with E-state index < -0.39 is 0 Å². The van der Waals surface area contributed by atoms with E-state index >= 15 is 0 Å². The summed E-state index contributed by atoms with van der Waals surface area (Å²) in [7, 11) is 0. The molecule has 126 valence electrons. The fraction of sp³-hybridized carbons (Fsp3) is 0.611. The molecular weight excluding hydrogens is 312 g/mol. The first kappa shape index (κ1) is 16.6. The number of piperidine rings is 1. The van der Waals surface area contributed by atoms with Crippen LogP contribution >= 0.6 is 11.6 Å². The fourth-order valence-electron chi connectivity index (χ4n) is 3.42. The van der Waals surface area contributed by atoms with Crippen LogP contribution in [0.15, 0.2) is 24.3 Å². The lowest BCUT2D eigenvalue weighted by atomic mass is 9.97. The van der Waals surface area contributed by atoms with Gasteiger partial charge < -0.3 is 15.0 Å². The van der Waals surface area contributed by atoms with E-state index in [1.165, 1.54) is 0 Å². The van der Waals surface area contributed by atoms with Gasteiger partial charge in [-0.2, -0.15) is 0 Å². The number of rotatable bonds is 3. The average Bonchev–Trinajstić information content (AvgIpc) is 2.86. The van der Waals surface area contributed by atoms with Gasteiger partial charge in [0, 0.05) is 36.9 Å². The average molecular weight is 337 g/mol. The van der Waals surface area contributed by atoms with Gasteiger partial charge in [-0.3, -0.25) is 4.79 Å². The highest BCUT2D eigenvalue weighted by molar-refractivity contribution is 6.30. The van der Waals surface area contributed by atoms with E-state index in [0.29, 0.717) is 5.91 Å². The van der Waals surface area contributed by atoms with E-state index in [1.807, 2.05) is 29.2 Å². The number of benzene rings is 1. The van der Waals surface area contributed by atoms with E-state index in [0.717, 1.165) is 69.1 Å². The number of carbonyl (C=O) groups is 1. The molecule has 5 heteroatoms.